The fraction of sp³-hybridized carbons (Fsp3) is 0.125. The maximum Gasteiger partial charge on any atom is 0.279 e. The second-order valence-electron chi connectivity index (χ2n) is 4.59. The van der Waals surface area contributed by atoms with Crippen LogP contribution in [0.4, 0.5) is 0 Å². The molecule has 0 aliphatic rings. The highest BCUT2D eigenvalue weighted by molar-refractivity contribution is 7.20. The molecule has 0 aliphatic heterocycles. The van der Waals surface area contributed by atoms with Crippen LogP contribution in [0, 0.1) is 0 Å². The summed E-state index contributed by atoms with van der Waals surface area (Å²) in [4.78, 5) is 15.4. The minimum Gasteiger partial charge on any atom is -0.482 e. The van der Waals surface area contributed by atoms with Crippen molar-refractivity contribution in [2.45, 2.75) is 13.0 Å². The zero-order chi connectivity index (χ0) is 15.5. The first-order valence-corrected chi connectivity index (χ1v) is 7.81. The van der Waals surface area contributed by atoms with Crippen molar-refractivity contribution in [1.82, 2.24) is 4.98 Å². The predicted molar refractivity (Wildman–Crippen MR) is 87.1 cm³/mol. The van der Waals surface area contributed by atoms with Gasteiger partial charge in [0.05, 0.1) is 10.2 Å². The van der Waals surface area contributed by atoms with Gasteiger partial charge in [-0.25, -0.2) is 4.98 Å². The molecule has 22 heavy (non-hydrogen) atoms. The molecular formula is C16H12ClNO3S. The lowest BCUT2D eigenvalue weighted by Crippen LogP contribution is -2.18. The van der Waals surface area contributed by atoms with Crippen LogP contribution >= 0.6 is 22.9 Å². The molecule has 6 heteroatoms. The Bertz CT molecular complexity index is 768. The third kappa shape index (κ3) is 3.37. The molecule has 0 bridgehead atoms. The maximum atomic E-state index is 11.0. The smallest absolute Gasteiger partial charge is 0.279 e. The first kappa shape index (κ1) is 14.8. The van der Waals surface area contributed by atoms with Crippen LogP contribution < -0.4 is 9.47 Å². The largest absolute Gasteiger partial charge is 0.482 e. The van der Waals surface area contributed by atoms with E-state index >= 15 is 0 Å². The van der Waals surface area contributed by atoms with Gasteiger partial charge in [-0.15, -0.1) is 0 Å². The Balaban J connectivity index is 1.71. The molecule has 3 aromatic rings. The molecular weight excluding hydrogens is 322 g/mol. The lowest BCUT2D eigenvalue weighted by molar-refractivity contribution is -0.117. The Morgan fingerprint density at radius 1 is 1.14 bits per heavy atom. The van der Waals surface area contributed by atoms with E-state index in [1.165, 1.54) is 11.3 Å². The molecule has 1 aromatic heterocycles. The molecule has 3 rings (SSSR count). The molecule has 4 nitrogen and oxygen atoms in total. The van der Waals surface area contributed by atoms with E-state index in [9.17, 15) is 4.79 Å². The monoisotopic (exact) mass is 333 g/mol. The first-order valence-electron chi connectivity index (χ1n) is 6.61. The molecule has 1 unspecified atom stereocenters. The SMILES string of the molecule is CC(Oc1ccc(Oc2nc3ccccc3s2)cc1)C(=O)Cl. The lowest BCUT2D eigenvalue weighted by atomic mass is 10.3. The Morgan fingerprint density at radius 2 is 1.82 bits per heavy atom. The highest BCUT2D eigenvalue weighted by Gasteiger charge is 2.11. The van der Waals surface area contributed by atoms with Crippen molar-refractivity contribution < 1.29 is 14.3 Å². The normalized spacial score (nSPS) is 12.1. The third-order valence-corrected chi connectivity index (χ3v) is 4.16. The number of ether oxygens (including phenoxy) is 2. The molecule has 0 saturated heterocycles. The quantitative estimate of drug-likeness (QED) is 0.639. The first-order chi connectivity index (χ1) is 10.6. The Hall–Kier alpha value is -2.11. The van der Waals surface area contributed by atoms with E-state index in [2.05, 4.69) is 4.98 Å². The number of carbonyl (C=O) groups excluding carboxylic acids is 1. The predicted octanol–water partition coefficient (Wildman–Crippen LogP) is 4.62. The average Bonchev–Trinajstić information content (AvgIpc) is 2.91. The molecule has 0 aliphatic carbocycles. The minimum atomic E-state index is -0.683. The Kier molecular flexibility index (Phi) is 4.27. The van der Waals surface area contributed by atoms with Crippen molar-refractivity contribution in [3.05, 3.63) is 48.5 Å². The van der Waals surface area contributed by atoms with E-state index in [1.54, 1.807) is 31.2 Å². The zero-order valence-electron chi connectivity index (χ0n) is 11.7. The number of para-hydroxylation sites is 1. The van der Waals surface area contributed by atoms with Gasteiger partial charge < -0.3 is 9.47 Å². The number of hydrogen-bond acceptors (Lipinski definition) is 5. The van der Waals surface area contributed by atoms with E-state index in [1.807, 2.05) is 24.3 Å². The second-order valence-corrected chi connectivity index (χ2v) is 5.95. The average molecular weight is 334 g/mol. The molecule has 0 saturated carbocycles. The van der Waals surface area contributed by atoms with Crippen molar-refractivity contribution in [3.8, 4) is 16.7 Å². The van der Waals surface area contributed by atoms with Gasteiger partial charge in [0.15, 0.2) is 6.10 Å². The van der Waals surface area contributed by atoms with Crippen molar-refractivity contribution >= 4 is 38.4 Å². The molecule has 0 radical (unpaired) electrons. The topological polar surface area (TPSA) is 48.4 Å². The van der Waals surface area contributed by atoms with Crippen molar-refractivity contribution in [3.63, 3.8) is 0 Å². The summed E-state index contributed by atoms with van der Waals surface area (Å²) in [7, 11) is 0. The van der Waals surface area contributed by atoms with Crippen LogP contribution in [0.2, 0.25) is 0 Å². The van der Waals surface area contributed by atoms with Gasteiger partial charge in [-0.1, -0.05) is 23.5 Å². The Morgan fingerprint density at radius 3 is 2.50 bits per heavy atom. The number of fused-ring (bicyclic) bond motifs is 1. The van der Waals surface area contributed by atoms with Gasteiger partial charge in [0, 0.05) is 0 Å². The van der Waals surface area contributed by atoms with E-state index in [4.69, 9.17) is 21.1 Å². The summed E-state index contributed by atoms with van der Waals surface area (Å²) in [5.41, 5.74) is 0.914. The molecule has 112 valence electrons. The number of aromatic nitrogens is 1. The van der Waals surface area contributed by atoms with E-state index in [0.29, 0.717) is 16.7 Å². The summed E-state index contributed by atoms with van der Waals surface area (Å²) in [6, 6.07) is 14.8. The van der Waals surface area contributed by atoms with Gasteiger partial charge in [-0.2, -0.15) is 0 Å². The second kappa shape index (κ2) is 6.34. The van der Waals surface area contributed by atoms with Crippen molar-refractivity contribution in [2.75, 3.05) is 0 Å². The van der Waals surface area contributed by atoms with Crippen molar-refractivity contribution in [2.24, 2.45) is 0 Å². The molecule has 0 N–H and O–H groups in total. The number of thiazole rings is 1. The lowest BCUT2D eigenvalue weighted by Gasteiger charge is -2.10. The van der Waals surface area contributed by atoms with Crippen LogP contribution in [-0.2, 0) is 4.79 Å². The van der Waals surface area contributed by atoms with Crippen molar-refractivity contribution in [1.29, 1.82) is 0 Å². The highest BCUT2D eigenvalue weighted by atomic mass is 35.5. The van der Waals surface area contributed by atoms with Crippen LogP contribution in [0.5, 0.6) is 16.7 Å². The number of benzene rings is 2. The molecule has 2 aromatic carbocycles. The Labute approximate surface area is 136 Å². The number of rotatable bonds is 5. The summed E-state index contributed by atoms with van der Waals surface area (Å²) in [6.45, 7) is 1.60. The van der Waals surface area contributed by atoms with Crippen LogP contribution in [0.1, 0.15) is 6.92 Å². The molecule has 0 fully saturated rings. The summed E-state index contributed by atoms with van der Waals surface area (Å²) < 4.78 is 12.2. The summed E-state index contributed by atoms with van der Waals surface area (Å²) in [5.74, 6) is 1.20. The van der Waals surface area contributed by atoms with Crippen LogP contribution in [0.15, 0.2) is 48.5 Å². The molecule has 1 atom stereocenters. The number of carbonyl (C=O) groups is 1. The third-order valence-electron chi connectivity index (χ3n) is 2.94. The van der Waals surface area contributed by atoms with Crippen LogP contribution in [0.25, 0.3) is 10.2 Å². The van der Waals surface area contributed by atoms with Gasteiger partial charge in [0.25, 0.3) is 10.4 Å². The van der Waals surface area contributed by atoms with E-state index in [-0.39, 0.29) is 0 Å². The maximum absolute atomic E-state index is 11.0. The highest BCUT2D eigenvalue weighted by Crippen LogP contribution is 2.31. The fourth-order valence-electron chi connectivity index (χ4n) is 1.83. The summed E-state index contributed by atoms with van der Waals surface area (Å²) in [6.07, 6.45) is -0.683. The van der Waals surface area contributed by atoms with Gasteiger partial charge in [0.1, 0.15) is 11.5 Å². The number of nitrogens with zero attached hydrogens (tertiary/aromatic N) is 1. The summed E-state index contributed by atoms with van der Waals surface area (Å²) >= 11 is 6.84. The van der Waals surface area contributed by atoms with Gasteiger partial charge in [-0.3, -0.25) is 4.79 Å². The van der Waals surface area contributed by atoms with Crippen LogP contribution in [-0.4, -0.2) is 16.3 Å². The fourth-order valence-corrected chi connectivity index (χ4v) is 2.71. The van der Waals surface area contributed by atoms with Gasteiger partial charge in [-0.05, 0) is 54.9 Å². The zero-order valence-corrected chi connectivity index (χ0v) is 13.2. The van der Waals surface area contributed by atoms with E-state index < -0.39 is 11.3 Å². The number of hydrogen-bond donors (Lipinski definition) is 0. The molecule has 0 amide bonds. The minimum absolute atomic E-state index is 0.533. The van der Waals surface area contributed by atoms with Gasteiger partial charge >= 0.3 is 0 Å². The van der Waals surface area contributed by atoms with Gasteiger partial charge in [0.2, 0.25) is 0 Å². The standard InChI is InChI=1S/C16H12ClNO3S/c1-10(15(17)19)20-11-6-8-12(9-7-11)21-16-18-13-4-2-3-5-14(13)22-16/h2-10H,1H3. The van der Waals surface area contributed by atoms with E-state index in [0.717, 1.165) is 10.2 Å². The summed E-state index contributed by atoms with van der Waals surface area (Å²) in [5, 5.41) is 0.0500. The molecule has 1 heterocycles. The number of halogens is 1. The molecule has 0 spiro atoms. The van der Waals surface area contributed by atoms with Crippen LogP contribution in [0.3, 0.4) is 0 Å².